The summed E-state index contributed by atoms with van der Waals surface area (Å²) in [4.78, 5) is 25.6. The van der Waals surface area contributed by atoms with Crippen LogP contribution in [0.1, 0.15) is 45.7 Å². The molecule has 3 aromatic heterocycles. The molecular formula is C23H24N6O2. The van der Waals surface area contributed by atoms with Gasteiger partial charge in [-0.15, -0.1) is 0 Å². The van der Waals surface area contributed by atoms with Gasteiger partial charge in [0.05, 0.1) is 17.0 Å². The molecule has 158 valence electrons. The predicted molar refractivity (Wildman–Crippen MR) is 119 cm³/mol. The van der Waals surface area contributed by atoms with Gasteiger partial charge in [-0.2, -0.15) is 4.98 Å². The molecule has 0 fully saturated rings. The first-order valence-corrected chi connectivity index (χ1v) is 9.97. The first-order chi connectivity index (χ1) is 14.8. The number of benzene rings is 1. The van der Waals surface area contributed by atoms with E-state index in [1.54, 1.807) is 12.4 Å². The smallest absolute Gasteiger partial charge is 0.253 e. The summed E-state index contributed by atoms with van der Waals surface area (Å²) < 4.78 is 1.92. The zero-order valence-electron chi connectivity index (χ0n) is 17.6. The van der Waals surface area contributed by atoms with E-state index in [1.807, 2.05) is 61.7 Å². The standard InChI is InChI=1S/C23H24N6O2/c1-13-9-14(2)27-22(31)17(13)10-25-21(30)19-12-29(15(3)16-7-5-4-6-8-16)20-18(19)11-26-23(24)28-20/h4-9,11-12,15H,10H2,1-3H3,(H,25,30)(H,27,31)(H2,24,26,28)/t15-/m1/s1. The molecule has 0 aliphatic rings. The molecule has 1 atom stereocenters. The number of aryl methyl sites for hydroxylation is 2. The molecule has 0 aliphatic heterocycles. The van der Waals surface area contributed by atoms with Crippen molar-refractivity contribution in [3.05, 3.63) is 76.7 Å². The lowest BCUT2D eigenvalue weighted by atomic mass is 10.1. The fourth-order valence-electron chi connectivity index (χ4n) is 3.74. The highest BCUT2D eigenvalue weighted by Crippen LogP contribution is 2.27. The van der Waals surface area contributed by atoms with Crippen LogP contribution in [0.2, 0.25) is 0 Å². The minimum atomic E-state index is -0.295. The summed E-state index contributed by atoms with van der Waals surface area (Å²) in [5.74, 6) is -0.226. The van der Waals surface area contributed by atoms with E-state index in [2.05, 4.69) is 20.3 Å². The average Bonchev–Trinajstić information content (AvgIpc) is 3.11. The van der Waals surface area contributed by atoms with Gasteiger partial charge in [-0.3, -0.25) is 4.79 Å². The predicted octanol–water partition coefficient (Wildman–Crippen LogP) is 3.27. The number of aromatic nitrogens is 4. The summed E-state index contributed by atoms with van der Waals surface area (Å²) in [5, 5.41) is 13.6. The van der Waals surface area contributed by atoms with Crippen LogP contribution in [0.4, 0.5) is 5.95 Å². The Morgan fingerprint density at radius 3 is 2.68 bits per heavy atom. The Bertz CT molecular complexity index is 1240. The van der Waals surface area contributed by atoms with Crippen LogP contribution in [0, 0.1) is 13.8 Å². The van der Waals surface area contributed by atoms with E-state index in [4.69, 9.17) is 5.73 Å². The number of nitrogen functional groups attached to an aromatic ring is 1. The number of carbonyl (C=O) groups excluding carboxylic acids is 1. The van der Waals surface area contributed by atoms with E-state index in [1.165, 1.54) is 0 Å². The van der Waals surface area contributed by atoms with Gasteiger partial charge in [0, 0.05) is 30.2 Å². The Kier molecular flexibility index (Phi) is 5.29. The zero-order valence-corrected chi connectivity index (χ0v) is 17.6. The third-order valence-corrected chi connectivity index (χ3v) is 5.41. The number of hydrogen-bond donors (Lipinski definition) is 3. The average molecular weight is 416 g/mol. The second-order valence-corrected chi connectivity index (χ2v) is 7.57. The molecule has 3 heterocycles. The second-order valence-electron chi connectivity index (χ2n) is 7.57. The molecule has 0 aliphatic carbocycles. The zero-order chi connectivity index (χ0) is 22.1. The van der Waals surface area contributed by atoms with E-state index in [0.717, 1.165) is 16.8 Å². The van der Waals surface area contributed by atoms with Crippen molar-refractivity contribution in [3.63, 3.8) is 0 Å². The van der Waals surface area contributed by atoms with Crippen LogP contribution >= 0.6 is 0 Å². The monoisotopic (exact) mass is 416 g/mol. The number of rotatable bonds is 5. The lowest BCUT2D eigenvalue weighted by Gasteiger charge is -2.15. The van der Waals surface area contributed by atoms with Crippen LogP contribution in [-0.2, 0) is 6.54 Å². The summed E-state index contributed by atoms with van der Waals surface area (Å²) in [6, 6.07) is 11.8. The first kappa shape index (κ1) is 20.3. The summed E-state index contributed by atoms with van der Waals surface area (Å²) in [6.07, 6.45) is 3.34. The number of fused-ring (bicyclic) bond motifs is 1. The van der Waals surface area contributed by atoms with Crippen molar-refractivity contribution in [2.24, 2.45) is 0 Å². The number of anilines is 1. The number of amides is 1. The molecular weight excluding hydrogens is 392 g/mol. The highest BCUT2D eigenvalue weighted by Gasteiger charge is 2.21. The number of carbonyl (C=O) groups is 1. The van der Waals surface area contributed by atoms with Gasteiger partial charge in [0.15, 0.2) is 0 Å². The minimum absolute atomic E-state index is 0.0628. The lowest BCUT2D eigenvalue weighted by Crippen LogP contribution is -2.23. The first-order valence-electron chi connectivity index (χ1n) is 9.97. The van der Waals surface area contributed by atoms with Gasteiger partial charge >= 0.3 is 0 Å². The molecule has 0 unspecified atom stereocenters. The van der Waals surface area contributed by atoms with E-state index < -0.39 is 0 Å². The molecule has 4 aromatic rings. The number of nitrogens with two attached hydrogens (primary N) is 1. The molecule has 8 nitrogen and oxygen atoms in total. The van der Waals surface area contributed by atoms with Crippen molar-refractivity contribution < 1.29 is 9.90 Å². The normalized spacial score (nSPS) is 12.1. The molecule has 4 rings (SSSR count). The third kappa shape index (κ3) is 3.92. The molecule has 0 radical (unpaired) electrons. The van der Waals surface area contributed by atoms with E-state index in [-0.39, 0.29) is 30.3 Å². The maximum absolute atomic E-state index is 13.1. The molecule has 0 saturated heterocycles. The number of nitrogens with one attached hydrogen (secondary N) is 1. The van der Waals surface area contributed by atoms with Crippen molar-refractivity contribution in [2.75, 3.05) is 5.73 Å². The van der Waals surface area contributed by atoms with E-state index in [0.29, 0.717) is 22.2 Å². The molecule has 0 bridgehead atoms. The van der Waals surface area contributed by atoms with Crippen molar-refractivity contribution in [2.45, 2.75) is 33.4 Å². The van der Waals surface area contributed by atoms with Crippen molar-refractivity contribution >= 4 is 22.9 Å². The Labute approximate surface area is 179 Å². The highest BCUT2D eigenvalue weighted by molar-refractivity contribution is 6.06. The van der Waals surface area contributed by atoms with Gasteiger partial charge in [-0.1, -0.05) is 30.3 Å². The number of nitrogens with zero attached hydrogens (tertiary/aromatic N) is 4. The molecule has 0 saturated carbocycles. The van der Waals surface area contributed by atoms with Crippen LogP contribution in [0.3, 0.4) is 0 Å². The Morgan fingerprint density at radius 2 is 1.97 bits per heavy atom. The van der Waals surface area contributed by atoms with Crippen molar-refractivity contribution in [1.29, 1.82) is 0 Å². The van der Waals surface area contributed by atoms with Gasteiger partial charge in [0.25, 0.3) is 5.91 Å². The molecule has 4 N–H and O–H groups in total. The maximum atomic E-state index is 13.1. The highest BCUT2D eigenvalue weighted by atomic mass is 16.3. The lowest BCUT2D eigenvalue weighted by molar-refractivity contribution is 0.0952. The molecule has 1 aromatic carbocycles. The maximum Gasteiger partial charge on any atom is 0.253 e. The van der Waals surface area contributed by atoms with Gasteiger partial charge in [-0.05, 0) is 38.0 Å². The topological polar surface area (TPSA) is 119 Å². The van der Waals surface area contributed by atoms with E-state index in [9.17, 15) is 9.90 Å². The van der Waals surface area contributed by atoms with Gasteiger partial charge in [-0.25, -0.2) is 9.97 Å². The number of aromatic hydroxyl groups is 1. The summed E-state index contributed by atoms with van der Waals surface area (Å²) in [7, 11) is 0. The molecule has 1 amide bonds. The van der Waals surface area contributed by atoms with Crippen molar-refractivity contribution in [3.8, 4) is 5.88 Å². The molecule has 31 heavy (non-hydrogen) atoms. The van der Waals surface area contributed by atoms with E-state index >= 15 is 0 Å². The molecule has 8 heteroatoms. The SMILES string of the molecule is Cc1cc(C)c(CNC(=O)c2cn([C@H](C)c3ccccc3)c3nc(N)ncc23)c(O)n1. The van der Waals surface area contributed by atoms with Crippen LogP contribution in [0.5, 0.6) is 5.88 Å². The summed E-state index contributed by atoms with van der Waals surface area (Å²) in [6.45, 7) is 5.87. The third-order valence-electron chi connectivity index (χ3n) is 5.41. The summed E-state index contributed by atoms with van der Waals surface area (Å²) in [5.41, 5.74) is 10.1. The van der Waals surface area contributed by atoms with Gasteiger partial charge in [0.1, 0.15) is 5.65 Å². The van der Waals surface area contributed by atoms with Crippen LogP contribution in [0.15, 0.2) is 48.8 Å². The number of hydrogen-bond acceptors (Lipinski definition) is 6. The Morgan fingerprint density at radius 1 is 1.23 bits per heavy atom. The number of pyridine rings is 1. The van der Waals surface area contributed by atoms with Crippen LogP contribution in [0.25, 0.3) is 11.0 Å². The largest absolute Gasteiger partial charge is 0.493 e. The quantitative estimate of drug-likeness (QED) is 0.459. The van der Waals surface area contributed by atoms with Crippen LogP contribution in [-0.4, -0.2) is 30.5 Å². The minimum Gasteiger partial charge on any atom is -0.493 e. The fraction of sp³-hybridized carbons (Fsp3) is 0.217. The van der Waals surface area contributed by atoms with Gasteiger partial charge < -0.3 is 20.7 Å². The summed E-state index contributed by atoms with van der Waals surface area (Å²) >= 11 is 0. The molecule has 0 spiro atoms. The van der Waals surface area contributed by atoms with Crippen molar-refractivity contribution in [1.82, 2.24) is 24.8 Å². The Balaban J connectivity index is 1.69. The fourth-order valence-corrected chi connectivity index (χ4v) is 3.74. The second kappa shape index (κ2) is 8.06. The Hall–Kier alpha value is -3.94. The van der Waals surface area contributed by atoms with Gasteiger partial charge in [0.2, 0.25) is 11.8 Å². The van der Waals surface area contributed by atoms with Crippen LogP contribution < -0.4 is 11.1 Å².